The Hall–Kier alpha value is -1.93. The number of ketones is 1. The lowest BCUT2D eigenvalue weighted by Gasteiger charge is -2.32. The maximum atomic E-state index is 13.7. The van der Waals surface area contributed by atoms with Gasteiger partial charge >= 0.3 is 0 Å². The molecule has 1 aliphatic rings. The molecular weight excluding hydrogens is 235 g/mol. The van der Waals surface area contributed by atoms with Crippen LogP contribution in [0.2, 0.25) is 0 Å². The highest BCUT2D eigenvalue weighted by Crippen LogP contribution is 2.25. The van der Waals surface area contributed by atoms with Crippen LogP contribution in [0.3, 0.4) is 0 Å². The van der Waals surface area contributed by atoms with Gasteiger partial charge in [-0.3, -0.25) is 4.79 Å². The fourth-order valence-electron chi connectivity index (χ4n) is 2.07. The number of benzene rings is 1. The van der Waals surface area contributed by atoms with Crippen molar-refractivity contribution in [1.29, 1.82) is 5.26 Å². The third-order valence-corrected chi connectivity index (χ3v) is 2.89. The number of nitrogens with zero attached hydrogens (tertiary/aromatic N) is 2. The molecule has 1 heterocycles. The molecule has 18 heavy (non-hydrogen) atoms. The number of anilines is 1. The summed E-state index contributed by atoms with van der Waals surface area (Å²) in [7, 11) is 0. The Kier molecular flexibility index (Phi) is 3.58. The summed E-state index contributed by atoms with van der Waals surface area (Å²) in [6.07, 6.45) is -0.540. The van der Waals surface area contributed by atoms with Crippen LogP contribution in [-0.2, 0) is 4.74 Å². The van der Waals surface area contributed by atoms with E-state index in [0.717, 1.165) is 0 Å². The van der Waals surface area contributed by atoms with Crippen molar-refractivity contribution in [2.45, 2.75) is 13.0 Å². The average molecular weight is 248 g/mol. The van der Waals surface area contributed by atoms with Crippen LogP contribution in [-0.4, -0.2) is 31.6 Å². The standard InChI is InChI=1S/C13H13FN2O2/c1-9(17)13-11(14)3-2-4-12(13)16-5-6-18-10(7-15)8-16/h2-4,10H,5-6,8H2,1H3. The lowest BCUT2D eigenvalue weighted by Crippen LogP contribution is -2.42. The van der Waals surface area contributed by atoms with Crippen LogP contribution in [0.1, 0.15) is 17.3 Å². The predicted octanol–water partition coefficient (Wildman–Crippen LogP) is 1.76. The number of ether oxygens (including phenoxy) is 1. The van der Waals surface area contributed by atoms with Gasteiger partial charge < -0.3 is 9.64 Å². The molecular formula is C13H13FN2O2. The van der Waals surface area contributed by atoms with Crippen LogP contribution in [0.5, 0.6) is 0 Å². The molecule has 0 amide bonds. The molecule has 2 rings (SSSR count). The summed E-state index contributed by atoms with van der Waals surface area (Å²) < 4.78 is 18.9. The second kappa shape index (κ2) is 5.15. The van der Waals surface area contributed by atoms with Gasteiger partial charge in [0, 0.05) is 6.54 Å². The molecule has 0 radical (unpaired) electrons. The van der Waals surface area contributed by atoms with Crippen LogP contribution in [0, 0.1) is 17.1 Å². The minimum atomic E-state index is -0.540. The largest absolute Gasteiger partial charge is 0.365 e. The number of hydrogen-bond donors (Lipinski definition) is 0. The summed E-state index contributed by atoms with van der Waals surface area (Å²) in [5.41, 5.74) is 0.613. The van der Waals surface area contributed by atoms with Gasteiger partial charge in [0.1, 0.15) is 5.82 Å². The maximum absolute atomic E-state index is 13.7. The molecule has 94 valence electrons. The van der Waals surface area contributed by atoms with Gasteiger partial charge in [0.15, 0.2) is 11.9 Å². The Labute approximate surface area is 105 Å². The average Bonchev–Trinajstić information content (AvgIpc) is 2.38. The maximum Gasteiger partial charge on any atom is 0.164 e. The summed E-state index contributed by atoms with van der Waals surface area (Å²) in [4.78, 5) is 13.3. The van der Waals surface area contributed by atoms with Crippen molar-refractivity contribution in [3.8, 4) is 6.07 Å². The van der Waals surface area contributed by atoms with E-state index in [1.165, 1.54) is 13.0 Å². The third kappa shape index (κ3) is 2.34. The number of Topliss-reactive ketones (excluding diaryl/α,β-unsaturated/α-hetero) is 1. The number of hydrogen-bond acceptors (Lipinski definition) is 4. The van der Waals surface area contributed by atoms with E-state index in [4.69, 9.17) is 10.00 Å². The number of halogens is 1. The highest BCUT2D eigenvalue weighted by molar-refractivity contribution is 6.00. The monoisotopic (exact) mass is 248 g/mol. The Bertz CT molecular complexity index is 510. The molecule has 1 unspecified atom stereocenters. The highest BCUT2D eigenvalue weighted by atomic mass is 19.1. The van der Waals surface area contributed by atoms with E-state index in [9.17, 15) is 9.18 Å². The van der Waals surface area contributed by atoms with Crippen molar-refractivity contribution in [3.05, 3.63) is 29.6 Å². The summed E-state index contributed by atoms with van der Waals surface area (Å²) in [5, 5.41) is 8.85. The van der Waals surface area contributed by atoms with E-state index >= 15 is 0 Å². The minimum Gasteiger partial charge on any atom is -0.365 e. The second-order valence-electron chi connectivity index (χ2n) is 4.12. The van der Waals surface area contributed by atoms with Gasteiger partial charge in [0.05, 0.1) is 30.5 Å². The van der Waals surface area contributed by atoms with E-state index < -0.39 is 11.9 Å². The molecule has 1 saturated heterocycles. The molecule has 0 saturated carbocycles. The molecule has 4 nitrogen and oxygen atoms in total. The fourth-order valence-corrected chi connectivity index (χ4v) is 2.07. The predicted molar refractivity (Wildman–Crippen MR) is 64.0 cm³/mol. The zero-order valence-electron chi connectivity index (χ0n) is 10.0. The SMILES string of the molecule is CC(=O)c1c(F)cccc1N1CCOC(C#N)C1. The molecule has 0 aliphatic carbocycles. The van der Waals surface area contributed by atoms with Gasteiger partial charge in [-0.05, 0) is 19.1 Å². The van der Waals surface area contributed by atoms with E-state index in [0.29, 0.717) is 25.4 Å². The Balaban J connectivity index is 2.36. The van der Waals surface area contributed by atoms with Crippen LogP contribution in [0.4, 0.5) is 10.1 Å². The topological polar surface area (TPSA) is 53.3 Å². The van der Waals surface area contributed by atoms with Gasteiger partial charge in [0.2, 0.25) is 0 Å². The highest BCUT2D eigenvalue weighted by Gasteiger charge is 2.24. The zero-order chi connectivity index (χ0) is 13.1. The zero-order valence-corrected chi connectivity index (χ0v) is 10.0. The molecule has 1 aliphatic heterocycles. The van der Waals surface area contributed by atoms with Crippen molar-refractivity contribution in [1.82, 2.24) is 0 Å². The van der Waals surface area contributed by atoms with Gasteiger partial charge in [-0.2, -0.15) is 5.26 Å². The van der Waals surface area contributed by atoms with Crippen LogP contribution >= 0.6 is 0 Å². The first-order valence-electron chi connectivity index (χ1n) is 5.69. The van der Waals surface area contributed by atoms with Crippen LogP contribution < -0.4 is 4.90 Å². The lowest BCUT2D eigenvalue weighted by atomic mass is 10.1. The summed E-state index contributed by atoms with van der Waals surface area (Å²) >= 11 is 0. The fraction of sp³-hybridized carbons (Fsp3) is 0.385. The van der Waals surface area contributed by atoms with E-state index in [1.54, 1.807) is 12.1 Å². The van der Waals surface area contributed by atoms with Crippen molar-refractivity contribution in [3.63, 3.8) is 0 Å². The van der Waals surface area contributed by atoms with E-state index in [1.807, 2.05) is 11.0 Å². The van der Waals surface area contributed by atoms with Crippen molar-refractivity contribution < 1.29 is 13.9 Å². The van der Waals surface area contributed by atoms with Gasteiger partial charge in [0.25, 0.3) is 0 Å². The molecule has 0 N–H and O–H groups in total. The van der Waals surface area contributed by atoms with Crippen molar-refractivity contribution in [2.75, 3.05) is 24.6 Å². The minimum absolute atomic E-state index is 0.0797. The molecule has 5 heteroatoms. The van der Waals surface area contributed by atoms with E-state index in [2.05, 4.69) is 0 Å². The Morgan fingerprint density at radius 1 is 1.61 bits per heavy atom. The smallest absolute Gasteiger partial charge is 0.164 e. The number of nitriles is 1. The summed E-state index contributed by atoms with van der Waals surface area (Å²) in [6, 6.07) is 6.55. The summed E-state index contributed by atoms with van der Waals surface area (Å²) in [6.45, 7) is 2.62. The van der Waals surface area contributed by atoms with Crippen LogP contribution in [0.15, 0.2) is 18.2 Å². The number of carbonyl (C=O) groups excluding carboxylic acids is 1. The van der Waals surface area contributed by atoms with E-state index in [-0.39, 0.29) is 11.3 Å². The van der Waals surface area contributed by atoms with Crippen molar-refractivity contribution >= 4 is 11.5 Å². The van der Waals surface area contributed by atoms with Crippen molar-refractivity contribution in [2.24, 2.45) is 0 Å². The molecule has 0 aromatic heterocycles. The first kappa shape index (κ1) is 12.5. The number of carbonyl (C=O) groups is 1. The lowest BCUT2D eigenvalue weighted by molar-refractivity contribution is 0.0762. The Morgan fingerprint density at radius 3 is 3.06 bits per heavy atom. The summed E-state index contributed by atoms with van der Waals surface area (Å²) in [5.74, 6) is -0.844. The molecule has 1 fully saturated rings. The quantitative estimate of drug-likeness (QED) is 0.748. The van der Waals surface area contributed by atoms with Gasteiger partial charge in [-0.1, -0.05) is 6.07 Å². The third-order valence-electron chi connectivity index (χ3n) is 2.89. The second-order valence-corrected chi connectivity index (χ2v) is 4.12. The molecule has 1 aromatic carbocycles. The van der Waals surface area contributed by atoms with Gasteiger partial charge in [-0.15, -0.1) is 0 Å². The van der Waals surface area contributed by atoms with Crippen LogP contribution in [0.25, 0.3) is 0 Å². The number of morpholine rings is 1. The molecule has 1 atom stereocenters. The first-order chi connectivity index (χ1) is 8.63. The first-order valence-corrected chi connectivity index (χ1v) is 5.69. The van der Waals surface area contributed by atoms with Gasteiger partial charge in [-0.25, -0.2) is 4.39 Å². The number of rotatable bonds is 2. The molecule has 1 aromatic rings. The molecule has 0 bridgehead atoms. The normalized spacial score (nSPS) is 19.4. The molecule has 0 spiro atoms. The Morgan fingerprint density at radius 2 is 2.39 bits per heavy atom.